The highest BCUT2D eigenvalue weighted by molar-refractivity contribution is 14.1. The van der Waals surface area contributed by atoms with E-state index >= 15 is 0 Å². The highest BCUT2D eigenvalue weighted by Crippen LogP contribution is 2.53. The zero-order valence-corrected chi connectivity index (χ0v) is 93.2. The van der Waals surface area contributed by atoms with Crippen LogP contribution in [0.4, 0.5) is 0 Å². The first kappa shape index (κ1) is 138. The summed E-state index contributed by atoms with van der Waals surface area (Å²) in [6.45, 7) is 34.4. The lowest BCUT2D eigenvalue weighted by Crippen LogP contribution is -2.01. The third-order valence-electron chi connectivity index (χ3n) is 17.9. The molecule has 0 saturated heterocycles. The quantitative estimate of drug-likeness (QED) is 0.00360. The van der Waals surface area contributed by atoms with Crippen LogP contribution in [-0.4, -0.2) is 176 Å². The number of carboxylic acid groups (broad SMARTS) is 1. The van der Waals surface area contributed by atoms with Crippen LogP contribution in [0.2, 0.25) is 0 Å². The Bertz CT molecular complexity index is 5210. The van der Waals surface area contributed by atoms with Crippen molar-refractivity contribution in [2.24, 2.45) is 0 Å². The minimum Gasteiger partial charge on any atom is -0.504 e. The molecule has 142 heavy (non-hydrogen) atoms. The number of para-hydroxylation sites is 9. The molecule has 0 atom stereocenters. The van der Waals surface area contributed by atoms with Gasteiger partial charge >= 0.3 is 42.3 Å². The fourth-order valence-electron chi connectivity index (χ4n) is 11.1. The Morgan fingerprint density at radius 2 is 0.697 bits per heavy atom. The Hall–Kier alpha value is -10.6. The maximum absolute atomic E-state index is 12.5. The number of hydrogen-bond acceptors (Lipinski definition) is 25. The Kier molecular flexibility index (Phi) is 79.3. The lowest BCUT2D eigenvalue weighted by atomic mass is 10.1. The second kappa shape index (κ2) is 81.8. The van der Waals surface area contributed by atoms with E-state index in [0.717, 1.165) is 104 Å². The van der Waals surface area contributed by atoms with E-state index in [0.29, 0.717) is 68.4 Å². The number of carbonyl (C=O) groups excluding carboxylic acids is 3. The number of halogens is 2. The van der Waals surface area contributed by atoms with Crippen molar-refractivity contribution in [1.82, 2.24) is 0 Å². The van der Waals surface area contributed by atoms with Crippen LogP contribution in [0.25, 0.3) is 6.08 Å². The highest BCUT2D eigenvalue weighted by atomic mass is 127. The van der Waals surface area contributed by atoms with Gasteiger partial charge < -0.3 is 106 Å². The van der Waals surface area contributed by atoms with E-state index in [2.05, 4.69) is 29.5 Å². The summed E-state index contributed by atoms with van der Waals surface area (Å²) in [6.07, 6.45) is 7.82. The number of carboxylic acids is 1. The van der Waals surface area contributed by atoms with Gasteiger partial charge in [0.25, 0.3) is 0 Å². The summed E-state index contributed by atoms with van der Waals surface area (Å²) in [7, 11) is -0.564. The maximum atomic E-state index is 12.5. The van der Waals surface area contributed by atoms with Gasteiger partial charge in [-0.2, -0.15) is 0 Å². The molecule has 9 N–H and O–H groups in total. The molecule has 0 aliphatic heterocycles. The minimum absolute atomic E-state index is 0.00694. The van der Waals surface area contributed by atoms with Crippen LogP contribution in [0.5, 0.6) is 69.0 Å². The average Bonchev–Trinajstić information content (AvgIpc) is 0.820. The van der Waals surface area contributed by atoms with Gasteiger partial charge in [0.1, 0.15) is 52.3 Å². The largest absolute Gasteiger partial charge is 0.504 e. The van der Waals surface area contributed by atoms with Gasteiger partial charge in [-0.1, -0.05) is 202 Å². The lowest BCUT2D eigenvalue weighted by Gasteiger charge is -2.19. The molecule has 10 rings (SSSR count). The van der Waals surface area contributed by atoms with Crippen molar-refractivity contribution in [3.63, 3.8) is 0 Å². The number of aromatic hydroxyl groups is 4. The second-order valence-corrected chi connectivity index (χ2v) is 38.3. The van der Waals surface area contributed by atoms with Crippen molar-refractivity contribution in [3.8, 4) is 69.0 Å². The van der Waals surface area contributed by atoms with Crippen LogP contribution in [0.3, 0.4) is 0 Å². The third kappa shape index (κ3) is 64.2. The monoisotopic (exact) mass is 2190 g/mol. The molecule has 0 saturated carbocycles. The van der Waals surface area contributed by atoms with Crippen molar-refractivity contribution in [2.45, 2.75) is 162 Å². The zero-order chi connectivity index (χ0) is 109. The predicted octanol–water partition coefficient (Wildman–Crippen LogP) is 26.2. The third-order valence-corrected chi connectivity index (χ3v) is 25.4. The molecule has 0 aliphatic rings. The van der Waals surface area contributed by atoms with Crippen LogP contribution >= 0.6 is 64.6 Å². The first-order valence-corrected chi connectivity index (χ1v) is 54.2. The van der Waals surface area contributed by atoms with Gasteiger partial charge in [0.15, 0.2) is 29.3 Å². The number of aryl methyl sites for hydroxylation is 8. The van der Waals surface area contributed by atoms with E-state index in [1.807, 2.05) is 222 Å². The number of phenolic OH excluding ortho intramolecular Hbond substituents is 4. The number of hydrogen-bond donors (Lipinski definition) is 9. The normalized spacial score (nSPS) is 10.1. The fraction of sp³-hybridized carbons (Fsp3) is 0.377. The summed E-state index contributed by atoms with van der Waals surface area (Å²) in [4.78, 5) is 74.7. The van der Waals surface area contributed by atoms with Crippen LogP contribution in [0.1, 0.15) is 175 Å². The number of esters is 1. The van der Waals surface area contributed by atoms with E-state index in [4.69, 9.17) is 117 Å². The molecule has 36 heteroatoms. The first-order chi connectivity index (χ1) is 67.2. The molecule has 30 nitrogen and oxygen atoms in total. The first-order valence-electron chi connectivity index (χ1n) is 45.1. The summed E-state index contributed by atoms with van der Waals surface area (Å²) < 4.78 is 112. The van der Waals surface area contributed by atoms with E-state index in [1.54, 1.807) is 128 Å². The number of rotatable bonds is 32. The SMILES string of the molecule is CCC(=O)O.CCCI.CCCP(=O)(O)O.CCCP(=O)(OCC)OCC.CCOC(=O)/C=C/c1ccc(C)c(OC)c1.CCOP(=O)(Cc1cccc(C)c1OC)OCC.COc1c(C)cccc1C=O.COc1c(C)cccc1CCl.COc1cc(C=O)ccc1C.COc1ccccc1C.COc1ccccc1C.COc1ccccc1C.O=P(O)(O)Cc1cccc(O)c1O.Oc1ccccc1O. The van der Waals surface area contributed by atoms with Gasteiger partial charge in [0.2, 0.25) is 0 Å². The number of ether oxygens (including phenoxy) is 9. The highest BCUT2D eigenvalue weighted by Gasteiger charge is 2.27. The summed E-state index contributed by atoms with van der Waals surface area (Å²) in [5.41, 5.74) is 12.9. The fourth-order valence-corrected chi connectivity index (χ4v) is 16.0. The zero-order valence-electron chi connectivity index (χ0n) is 86.7. The topological polar surface area (TPSA) is 439 Å². The van der Waals surface area contributed by atoms with Crippen molar-refractivity contribution in [1.29, 1.82) is 0 Å². The summed E-state index contributed by atoms with van der Waals surface area (Å²) >= 11 is 8.05. The van der Waals surface area contributed by atoms with Crippen molar-refractivity contribution >= 4 is 95.2 Å². The number of aldehydes is 2. The smallest absolute Gasteiger partial charge is 0.335 e. The standard InChI is InChI=1S/C13H21O4P.C13H16O3.C9H11ClO.2C9H10O2.3C8H10O.C7H9O5P.C7H17O3P.C6H6O2.C3H7I.C3H9O3P.C3H6O2/c1-5-16-18(14,17-6-2)10-12-9-7-8-11(3)13(12)15-4;1-4-16-13(14)8-7-11-6-5-10(2)12(9-11)15-3;1-7-4-3-5-8(6-10)9(7)11-2;1-7-3-4-8(6-10)5-9(7)11-2;1-7-4-3-5-8(6-10)9(7)11-2;3*1-7-5-3-4-6-8(7)9-2;8-6-3-1-2-5(7(6)9)4-13(10,11)12;1-4-7-11(8,9-5-2)10-6-3;7-5-3-1-2-4-6(5)8;1-2-3-4;1-2-3-7(4,5)6;1-2-3(4)5/h7-9H,5-6,10H2,1-4H3;5-9H,4H2,1-3H3;3-5H,6H2,1-2H3;2*3-6H,1-2H3;3*3-6H,1-2H3;1-3,8-9H,4H2,(H2,10,11,12);4-7H2,1-3H3;1-4,7-8H;2-3H2,1H3;2-3H2,1H3,(H2,4,5,6);2H2,1H3,(H,4,5)/b;8-7+;;;;;;;;;;;;. The van der Waals surface area contributed by atoms with Gasteiger partial charge in [-0.25, -0.2) is 4.79 Å². The number of methoxy groups -OCH3 is 8. The molecular weight excluding hydrogens is 2040 g/mol. The average molecular weight is 2190 g/mol. The van der Waals surface area contributed by atoms with Crippen molar-refractivity contribution in [3.05, 3.63) is 290 Å². The van der Waals surface area contributed by atoms with Crippen LogP contribution in [-0.2, 0) is 68.9 Å². The summed E-state index contributed by atoms with van der Waals surface area (Å²) in [5, 5.41) is 43.2. The summed E-state index contributed by atoms with van der Waals surface area (Å²) in [6, 6.07) is 62.3. The van der Waals surface area contributed by atoms with Crippen LogP contribution in [0.15, 0.2) is 212 Å². The Labute approximate surface area is 860 Å². The van der Waals surface area contributed by atoms with Gasteiger partial charge in [-0.3, -0.25) is 32.6 Å². The van der Waals surface area contributed by atoms with E-state index in [1.165, 1.54) is 63.9 Å². The molecular formula is C106H152ClIO30P4. The number of phenols is 4. The number of aliphatic carboxylic acids is 1. The molecule has 10 aromatic rings. The van der Waals surface area contributed by atoms with E-state index < -0.39 is 48.3 Å². The molecule has 0 heterocycles. The van der Waals surface area contributed by atoms with E-state index in [9.17, 15) is 37.4 Å². The molecule has 790 valence electrons. The Morgan fingerprint density at radius 1 is 0.359 bits per heavy atom. The molecule has 10 aromatic carbocycles. The number of alkyl halides is 2. The molecule has 0 amide bonds. The lowest BCUT2D eigenvalue weighted by molar-refractivity contribution is -0.137. The number of carbonyl (C=O) groups is 4. The van der Waals surface area contributed by atoms with Crippen LogP contribution < -0.4 is 37.9 Å². The molecule has 0 bridgehead atoms. The molecule has 0 fully saturated rings. The molecule has 0 aliphatic carbocycles. The minimum atomic E-state index is -4.21. The van der Waals surface area contributed by atoms with Gasteiger partial charge in [0.05, 0.1) is 114 Å². The van der Waals surface area contributed by atoms with Crippen molar-refractivity contribution < 1.29 is 143 Å². The van der Waals surface area contributed by atoms with Crippen LogP contribution in [0, 0.1) is 55.4 Å². The van der Waals surface area contributed by atoms with E-state index in [-0.39, 0.29) is 47.5 Å². The molecule has 0 radical (unpaired) electrons. The number of benzene rings is 10. The van der Waals surface area contributed by atoms with Gasteiger partial charge in [-0.15, -0.1) is 11.6 Å². The molecule has 0 aromatic heterocycles. The summed E-state index contributed by atoms with van der Waals surface area (Å²) in [5.74, 6) is 5.17. The Morgan fingerprint density at radius 3 is 1.01 bits per heavy atom. The van der Waals surface area contributed by atoms with Gasteiger partial charge in [0, 0.05) is 47.1 Å². The Balaban J connectivity index is -0.000000731. The van der Waals surface area contributed by atoms with Gasteiger partial charge in [-0.05, 0) is 224 Å². The molecule has 0 unspecified atom stereocenters. The van der Waals surface area contributed by atoms with Crippen molar-refractivity contribution in [2.75, 3.05) is 107 Å². The second-order valence-electron chi connectivity index (χ2n) is 29.2. The predicted molar refractivity (Wildman–Crippen MR) is 578 cm³/mol. The maximum Gasteiger partial charge on any atom is 0.335 e. The molecule has 0 spiro atoms.